The largest absolute Gasteiger partial charge is 0.339 e. The van der Waals surface area contributed by atoms with E-state index in [9.17, 15) is 0 Å². The van der Waals surface area contributed by atoms with Gasteiger partial charge in [-0.15, -0.1) is 0 Å². The number of nitriles is 1. The Kier molecular flexibility index (Phi) is 3.44. The van der Waals surface area contributed by atoms with E-state index >= 15 is 0 Å². The molecular weight excluding hydrogens is 166 g/mol. The summed E-state index contributed by atoms with van der Waals surface area (Å²) in [5.41, 5.74) is 0. The maximum absolute atomic E-state index is 8.35. The van der Waals surface area contributed by atoms with Gasteiger partial charge in [0.25, 0.3) is 0 Å². The van der Waals surface area contributed by atoms with Crippen molar-refractivity contribution in [1.29, 1.82) is 5.26 Å². The molecule has 1 atom stereocenters. The van der Waals surface area contributed by atoms with Gasteiger partial charge in [-0.1, -0.05) is 19.0 Å². The lowest BCUT2D eigenvalue weighted by Crippen LogP contribution is -1.94. The van der Waals surface area contributed by atoms with Crippen molar-refractivity contribution in [3.05, 3.63) is 11.7 Å². The van der Waals surface area contributed by atoms with Crippen LogP contribution in [0, 0.1) is 11.3 Å². The Morgan fingerprint density at radius 1 is 1.62 bits per heavy atom. The molecule has 0 fully saturated rings. The van der Waals surface area contributed by atoms with E-state index in [-0.39, 0.29) is 0 Å². The Labute approximate surface area is 77.6 Å². The van der Waals surface area contributed by atoms with Gasteiger partial charge in [-0.3, -0.25) is 0 Å². The molecule has 1 rings (SSSR count). The molecule has 1 heterocycles. The number of hydrogen-bond donors (Lipinski definition) is 0. The summed E-state index contributed by atoms with van der Waals surface area (Å²) in [6.45, 7) is 4.13. The second kappa shape index (κ2) is 4.61. The van der Waals surface area contributed by atoms with Gasteiger partial charge in [0.15, 0.2) is 5.82 Å². The number of nitrogens with zero attached hydrogens (tertiary/aromatic N) is 3. The topological polar surface area (TPSA) is 62.7 Å². The van der Waals surface area contributed by atoms with E-state index in [1.807, 2.05) is 6.07 Å². The average molecular weight is 179 g/mol. The lowest BCUT2D eigenvalue weighted by molar-refractivity contribution is 0.371. The van der Waals surface area contributed by atoms with Gasteiger partial charge in [-0.2, -0.15) is 10.2 Å². The molecule has 0 bridgehead atoms. The molecule has 4 heteroatoms. The Bertz CT molecular complexity index is 300. The van der Waals surface area contributed by atoms with Crippen LogP contribution in [-0.2, 0) is 6.42 Å². The van der Waals surface area contributed by atoms with Gasteiger partial charge < -0.3 is 4.52 Å². The van der Waals surface area contributed by atoms with Crippen LogP contribution < -0.4 is 0 Å². The first kappa shape index (κ1) is 9.72. The van der Waals surface area contributed by atoms with Gasteiger partial charge in [0.1, 0.15) is 0 Å². The van der Waals surface area contributed by atoms with Crippen molar-refractivity contribution < 1.29 is 4.52 Å². The van der Waals surface area contributed by atoms with Crippen LogP contribution in [0.25, 0.3) is 0 Å². The van der Waals surface area contributed by atoms with Crippen LogP contribution in [0.4, 0.5) is 0 Å². The smallest absolute Gasteiger partial charge is 0.227 e. The number of rotatable bonds is 4. The quantitative estimate of drug-likeness (QED) is 0.709. The highest BCUT2D eigenvalue weighted by Crippen LogP contribution is 2.14. The minimum absolute atomic E-state index is 0.333. The summed E-state index contributed by atoms with van der Waals surface area (Å²) in [4.78, 5) is 4.19. The summed E-state index contributed by atoms with van der Waals surface area (Å²) in [5, 5.41) is 12.2. The van der Waals surface area contributed by atoms with Gasteiger partial charge in [-0.05, 0) is 6.42 Å². The second-order valence-corrected chi connectivity index (χ2v) is 3.01. The molecule has 0 radical (unpaired) electrons. The predicted molar refractivity (Wildman–Crippen MR) is 46.9 cm³/mol. The molecule has 1 aromatic rings. The van der Waals surface area contributed by atoms with Crippen LogP contribution >= 0.6 is 0 Å². The lowest BCUT2D eigenvalue weighted by atomic mass is 10.1. The minimum Gasteiger partial charge on any atom is -0.339 e. The standard InChI is InChI=1S/C9H13N3O/c1-3-7(2)9-11-8(13-12-9)5-4-6-10/h7H,3-5H2,1-2H3. The molecule has 1 unspecified atom stereocenters. The zero-order valence-corrected chi connectivity index (χ0v) is 7.95. The molecule has 0 aliphatic carbocycles. The van der Waals surface area contributed by atoms with Crippen molar-refractivity contribution >= 4 is 0 Å². The summed E-state index contributed by atoms with van der Waals surface area (Å²) in [7, 11) is 0. The van der Waals surface area contributed by atoms with E-state index in [4.69, 9.17) is 9.78 Å². The van der Waals surface area contributed by atoms with Gasteiger partial charge in [0.05, 0.1) is 6.07 Å². The Morgan fingerprint density at radius 2 is 2.38 bits per heavy atom. The van der Waals surface area contributed by atoms with E-state index in [1.54, 1.807) is 0 Å². The Hall–Kier alpha value is -1.37. The SMILES string of the molecule is CCC(C)c1noc(CCC#N)n1. The normalized spacial score (nSPS) is 12.4. The lowest BCUT2D eigenvalue weighted by Gasteiger charge is -1.98. The summed E-state index contributed by atoms with van der Waals surface area (Å²) < 4.78 is 4.98. The predicted octanol–water partition coefficient (Wildman–Crippen LogP) is 2.04. The highest BCUT2D eigenvalue weighted by Gasteiger charge is 2.11. The van der Waals surface area contributed by atoms with Gasteiger partial charge in [-0.25, -0.2) is 0 Å². The highest BCUT2D eigenvalue weighted by atomic mass is 16.5. The van der Waals surface area contributed by atoms with Crippen LogP contribution in [0.2, 0.25) is 0 Å². The summed E-state index contributed by atoms with van der Waals surface area (Å²) >= 11 is 0. The first-order valence-corrected chi connectivity index (χ1v) is 4.47. The molecule has 4 nitrogen and oxygen atoms in total. The van der Waals surface area contributed by atoms with Gasteiger partial charge >= 0.3 is 0 Å². The molecule has 0 aliphatic heterocycles. The Balaban J connectivity index is 2.59. The third kappa shape index (κ3) is 2.55. The first-order chi connectivity index (χ1) is 6.27. The van der Waals surface area contributed by atoms with Crippen LogP contribution in [0.5, 0.6) is 0 Å². The molecule has 13 heavy (non-hydrogen) atoms. The third-order valence-corrected chi connectivity index (χ3v) is 1.99. The highest BCUT2D eigenvalue weighted by molar-refractivity contribution is 4.94. The molecule has 0 spiro atoms. The molecule has 1 aromatic heterocycles. The number of aromatic nitrogens is 2. The van der Waals surface area contributed by atoms with Crippen LogP contribution in [0.1, 0.15) is 44.3 Å². The van der Waals surface area contributed by atoms with E-state index < -0.39 is 0 Å². The van der Waals surface area contributed by atoms with Crippen molar-refractivity contribution in [1.82, 2.24) is 10.1 Å². The van der Waals surface area contributed by atoms with Crippen LogP contribution in [0.15, 0.2) is 4.52 Å². The molecule has 0 aliphatic rings. The van der Waals surface area contributed by atoms with Crippen molar-refractivity contribution in [2.24, 2.45) is 0 Å². The monoisotopic (exact) mass is 179 g/mol. The van der Waals surface area contributed by atoms with Crippen LogP contribution in [-0.4, -0.2) is 10.1 Å². The van der Waals surface area contributed by atoms with Crippen molar-refractivity contribution in [3.63, 3.8) is 0 Å². The molecule has 0 N–H and O–H groups in total. The molecule has 0 amide bonds. The van der Waals surface area contributed by atoms with E-state index in [1.165, 1.54) is 0 Å². The van der Waals surface area contributed by atoms with Crippen molar-refractivity contribution in [2.45, 2.75) is 39.0 Å². The van der Waals surface area contributed by atoms with Crippen LogP contribution in [0.3, 0.4) is 0 Å². The molecule has 0 saturated heterocycles. The fourth-order valence-electron chi connectivity index (χ4n) is 0.915. The third-order valence-electron chi connectivity index (χ3n) is 1.99. The molecule has 0 aromatic carbocycles. The molecular formula is C9H13N3O. The number of aryl methyl sites for hydroxylation is 1. The number of hydrogen-bond acceptors (Lipinski definition) is 4. The van der Waals surface area contributed by atoms with Gasteiger partial charge in [0, 0.05) is 18.8 Å². The van der Waals surface area contributed by atoms with E-state index in [0.29, 0.717) is 24.7 Å². The molecule has 70 valence electrons. The first-order valence-electron chi connectivity index (χ1n) is 4.47. The zero-order chi connectivity index (χ0) is 9.68. The summed E-state index contributed by atoms with van der Waals surface area (Å²) in [6, 6.07) is 2.04. The Morgan fingerprint density at radius 3 is 3.00 bits per heavy atom. The fourth-order valence-corrected chi connectivity index (χ4v) is 0.915. The van der Waals surface area contributed by atoms with Crippen molar-refractivity contribution in [2.75, 3.05) is 0 Å². The maximum Gasteiger partial charge on any atom is 0.227 e. The van der Waals surface area contributed by atoms with E-state index in [0.717, 1.165) is 12.2 Å². The zero-order valence-electron chi connectivity index (χ0n) is 7.95. The van der Waals surface area contributed by atoms with Crippen molar-refractivity contribution in [3.8, 4) is 6.07 Å². The molecule has 0 saturated carbocycles. The second-order valence-electron chi connectivity index (χ2n) is 3.01. The maximum atomic E-state index is 8.35. The van der Waals surface area contributed by atoms with Gasteiger partial charge in [0.2, 0.25) is 5.89 Å². The average Bonchev–Trinajstić information content (AvgIpc) is 2.62. The van der Waals surface area contributed by atoms with E-state index in [2.05, 4.69) is 24.0 Å². The fraction of sp³-hybridized carbons (Fsp3) is 0.667. The summed E-state index contributed by atoms with van der Waals surface area (Å²) in [5.74, 6) is 1.65. The summed E-state index contributed by atoms with van der Waals surface area (Å²) in [6.07, 6.45) is 1.99. The minimum atomic E-state index is 0.333.